The van der Waals surface area contributed by atoms with Crippen molar-refractivity contribution in [3.05, 3.63) is 52.1 Å². The number of thioether (sulfide) groups is 1. The summed E-state index contributed by atoms with van der Waals surface area (Å²) in [4.78, 5) is 18.3. The molecule has 3 atom stereocenters. The monoisotopic (exact) mass is 383 g/mol. The standard InChI is InChI=1S/C21H25N3O2S/c1-13-7-6-10-19(15(13)3)24-20(25)17-8-4-5-9-18(17)22-21(24)27-12-16-11-14(2)26-23-16/h4-5,8-9,11,13,15,19H,6-7,10,12H2,1-3H3/t13-,15+,19-/m1/s1. The molecule has 1 saturated carbocycles. The van der Waals surface area contributed by atoms with E-state index in [1.807, 2.05) is 41.8 Å². The van der Waals surface area contributed by atoms with Gasteiger partial charge in [-0.1, -0.05) is 55.7 Å². The van der Waals surface area contributed by atoms with Crippen molar-refractivity contribution in [3.8, 4) is 0 Å². The number of aromatic nitrogens is 3. The second-order valence-electron chi connectivity index (χ2n) is 7.64. The minimum atomic E-state index is 0.0744. The summed E-state index contributed by atoms with van der Waals surface area (Å²) in [5, 5.41) is 5.56. The number of fused-ring (bicyclic) bond motifs is 1. The van der Waals surface area contributed by atoms with Gasteiger partial charge < -0.3 is 4.52 Å². The molecule has 0 saturated heterocycles. The van der Waals surface area contributed by atoms with Crippen molar-refractivity contribution in [1.29, 1.82) is 0 Å². The predicted molar refractivity (Wildman–Crippen MR) is 108 cm³/mol. The lowest BCUT2D eigenvalue weighted by molar-refractivity contribution is 0.173. The van der Waals surface area contributed by atoms with Crippen molar-refractivity contribution in [2.45, 2.75) is 57.0 Å². The van der Waals surface area contributed by atoms with Gasteiger partial charge in [0, 0.05) is 17.9 Å². The molecule has 0 amide bonds. The van der Waals surface area contributed by atoms with Gasteiger partial charge in [-0.2, -0.15) is 0 Å². The van der Waals surface area contributed by atoms with Gasteiger partial charge in [0.15, 0.2) is 5.16 Å². The molecule has 3 aromatic rings. The van der Waals surface area contributed by atoms with Gasteiger partial charge in [0.05, 0.1) is 16.6 Å². The van der Waals surface area contributed by atoms with E-state index in [2.05, 4.69) is 19.0 Å². The second kappa shape index (κ2) is 7.50. The van der Waals surface area contributed by atoms with Crippen LogP contribution in [0.5, 0.6) is 0 Å². The molecule has 0 aliphatic heterocycles. The van der Waals surface area contributed by atoms with Crippen LogP contribution in [0, 0.1) is 18.8 Å². The summed E-state index contributed by atoms with van der Waals surface area (Å²) in [7, 11) is 0. The highest BCUT2D eigenvalue weighted by Crippen LogP contribution is 2.39. The van der Waals surface area contributed by atoms with Crippen LogP contribution in [0.15, 0.2) is 44.8 Å². The van der Waals surface area contributed by atoms with Gasteiger partial charge in [0.25, 0.3) is 5.56 Å². The Morgan fingerprint density at radius 1 is 1.26 bits per heavy atom. The van der Waals surface area contributed by atoms with Crippen LogP contribution in [0.2, 0.25) is 0 Å². The number of rotatable bonds is 4. The van der Waals surface area contributed by atoms with Crippen LogP contribution in [0.3, 0.4) is 0 Å². The van der Waals surface area contributed by atoms with Crippen molar-refractivity contribution >= 4 is 22.7 Å². The average Bonchev–Trinajstić information content (AvgIpc) is 3.08. The molecule has 0 spiro atoms. The van der Waals surface area contributed by atoms with Crippen molar-refractivity contribution < 1.29 is 4.52 Å². The first-order valence-electron chi connectivity index (χ1n) is 9.61. The van der Waals surface area contributed by atoms with Crippen molar-refractivity contribution in [1.82, 2.24) is 14.7 Å². The van der Waals surface area contributed by atoms with Crippen molar-refractivity contribution in [3.63, 3.8) is 0 Å². The molecule has 142 valence electrons. The minimum absolute atomic E-state index is 0.0744. The van der Waals surface area contributed by atoms with E-state index in [9.17, 15) is 4.79 Å². The fraction of sp³-hybridized carbons (Fsp3) is 0.476. The summed E-state index contributed by atoms with van der Waals surface area (Å²) in [5.74, 6) is 2.49. The third kappa shape index (κ3) is 3.55. The quantitative estimate of drug-likeness (QED) is 0.469. The summed E-state index contributed by atoms with van der Waals surface area (Å²) in [6.07, 6.45) is 3.41. The molecule has 2 aromatic heterocycles. The zero-order valence-corrected chi connectivity index (χ0v) is 16.8. The van der Waals surface area contributed by atoms with E-state index in [0.717, 1.165) is 35.0 Å². The van der Waals surface area contributed by atoms with Crippen LogP contribution in [0.4, 0.5) is 0 Å². The normalized spacial score (nSPS) is 23.0. The summed E-state index contributed by atoms with van der Waals surface area (Å²) < 4.78 is 7.13. The number of para-hydroxylation sites is 1. The molecule has 27 heavy (non-hydrogen) atoms. The van der Waals surface area contributed by atoms with Gasteiger partial charge in [0.2, 0.25) is 0 Å². The topological polar surface area (TPSA) is 60.9 Å². The first-order chi connectivity index (χ1) is 13.0. The summed E-state index contributed by atoms with van der Waals surface area (Å²) in [6.45, 7) is 6.45. The fourth-order valence-electron chi connectivity index (χ4n) is 4.06. The SMILES string of the molecule is Cc1cc(CSc2nc3ccccc3c(=O)n2[C@@H]2CCC[C@@H](C)[C@@H]2C)no1. The molecule has 1 fully saturated rings. The molecule has 1 aromatic carbocycles. The smallest absolute Gasteiger partial charge is 0.262 e. The molecule has 4 rings (SSSR count). The molecule has 1 aliphatic carbocycles. The van der Waals surface area contributed by atoms with E-state index >= 15 is 0 Å². The largest absolute Gasteiger partial charge is 0.361 e. The average molecular weight is 384 g/mol. The maximum Gasteiger partial charge on any atom is 0.262 e. The van der Waals surface area contributed by atoms with E-state index in [4.69, 9.17) is 9.51 Å². The zero-order chi connectivity index (χ0) is 19.0. The molecule has 5 nitrogen and oxygen atoms in total. The summed E-state index contributed by atoms with van der Waals surface area (Å²) >= 11 is 1.57. The Morgan fingerprint density at radius 3 is 2.85 bits per heavy atom. The Labute approximate surface area is 163 Å². The molecule has 1 aliphatic rings. The lowest BCUT2D eigenvalue weighted by Crippen LogP contribution is -2.35. The second-order valence-corrected chi connectivity index (χ2v) is 8.58. The fourth-order valence-corrected chi connectivity index (χ4v) is 5.00. The van der Waals surface area contributed by atoms with Crippen molar-refractivity contribution in [2.75, 3.05) is 0 Å². The van der Waals surface area contributed by atoms with Crippen LogP contribution in [0.1, 0.15) is 50.6 Å². The Morgan fingerprint density at radius 2 is 2.07 bits per heavy atom. The van der Waals surface area contributed by atoms with Crippen molar-refractivity contribution in [2.24, 2.45) is 11.8 Å². The van der Waals surface area contributed by atoms with Gasteiger partial charge in [-0.25, -0.2) is 4.98 Å². The molecule has 0 unspecified atom stereocenters. The first-order valence-corrected chi connectivity index (χ1v) is 10.6. The van der Waals surface area contributed by atoms with E-state index in [1.165, 1.54) is 6.42 Å². The number of benzene rings is 1. The Hall–Kier alpha value is -2.08. The number of hydrogen-bond acceptors (Lipinski definition) is 5. The van der Waals surface area contributed by atoms with E-state index in [0.29, 0.717) is 23.0 Å². The van der Waals surface area contributed by atoms with Gasteiger partial charge in [-0.15, -0.1) is 0 Å². The summed E-state index contributed by atoms with van der Waals surface area (Å²) in [5.41, 5.74) is 1.70. The van der Waals surface area contributed by atoms with Gasteiger partial charge in [0.1, 0.15) is 5.76 Å². The first kappa shape index (κ1) is 18.3. The molecule has 0 N–H and O–H groups in total. The van der Waals surface area contributed by atoms with E-state index in [1.54, 1.807) is 11.8 Å². The Balaban J connectivity index is 1.78. The Kier molecular flexibility index (Phi) is 5.08. The third-order valence-corrected chi connectivity index (χ3v) is 6.78. The highest BCUT2D eigenvalue weighted by Gasteiger charge is 2.31. The molecular formula is C21H25N3O2S. The van der Waals surface area contributed by atoms with Crippen LogP contribution >= 0.6 is 11.8 Å². The molecule has 2 heterocycles. The number of hydrogen-bond donors (Lipinski definition) is 0. The predicted octanol–water partition coefficient (Wildman–Crippen LogP) is 4.98. The van der Waals surface area contributed by atoms with Gasteiger partial charge >= 0.3 is 0 Å². The van der Waals surface area contributed by atoms with E-state index < -0.39 is 0 Å². The van der Waals surface area contributed by atoms with Crippen LogP contribution in [0.25, 0.3) is 10.9 Å². The molecule has 0 bridgehead atoms. The van der Waals surface area contributed by atoms with Gasteiger partial charge in [-0.3, -0.25) is 9.36 Å². The third-order valence-electron chi connectivity index (χ3n) is 5.80. The van der Waals surface area contributed by atoms with E-state index in [-0.39, 0.29) is 11.6 Å². The van der Waals surface area contributed by atoms with Crippen LogP contribution < -0.4 is 5.56 Å². The zero-order valence-electron chi connectivity index (χ0n) is 16.0. The number of nitrogens with zero attached hydrogens (tertiary/aromatic N) is 3. The van der Waals surface area contributed by atoms with Crippen LogP contribution in [-0.2, 0) is 5.75 Å². The van der Waals surface area contributed by atoms with Crippen LogP contribution in [-0.4, -0.2) is 14.7 Å². The Bertz CT molecular complexity index is 1010. The highest BCUT2D eigenvalue weighted by atomic mass is 32.2. The maximum absolute atomic E-state index is 13.4. The molecular weight excluding hydrogens is 358 g/mol. The highest BCUT2D eigenvalue weighted by molar-refractivity contribution is 7.98. The maximum atomic E-state index is 13.4. The minimum Gasteiger partial charge on any atom is -0.361 e. The summed E-state index contributed by atoms with van der Waals surface area (Å²) in [6, 6.07) is 9.76. The lowest BCUT2D eigenvalue weighted by atomic mass is 9.78. The molecule has 6 heteroatoms. The number of aryl methyl sites for hydroxylation is 1. The lowest BCUT2D eigenvalue weighted by Gasteiger charge is -2.36. The van der Waals surface area contributed by atoms with Gasteiger partial charge in [-0.05, 0) is 37.3 Å². The molecule has 0 radical (unpaired) electrons.